The zero-order valence-corrected chi connectivity index (χ0v) is 10.4. The molecule has 0 aliphatic heterocycles. The summed E-state index contributed by atoms with van der Waals surface area (Å²) < 4.78 is 0. The summed E-state index contributed by atoms with van der Waals surface area (Å²) in [6.45, 7) is 2.09. The molecule has 3 aromatic carbocycles. The number of fused-ring (bicyclic) bond motifs is 1. The second kappa shape index (κ2) is 4.19. The standard InChI is InChI=1S/C17H15N/c1-12-16(13-7-3-2-4-8-13)11-14-9-5-6-10-15(14)17(12)18/h2-11H,18H2,1H3. The highest BCUT2D eigenvalue weighted by atomic mass is 14.6. The summed E-state index contributed by atoms with van der Waals surface area (Å²) in [5, 5.41) is 2.33. The van der Waals surface area contributed by atoms with Crippen LogP contribution in [0.3, 0.4) is 0 Å². The van der Waals surface area contributed by atoms with Crippen molar-refractivity contribution in [2.24, 2.45) is 0 Å². The molecule has 0 aliphatic rings. The van der Waals surface area contributed by atoms with Crippen LogP contribution in [0, 0.1) is 6.92 Å². The van der Waals surface area contributed by atoms with Crippen molar-refractivity contribution >= 4 is 16.5 Å². The van der Waals surface area contributed by atoms with Crippen molar-refractivity contribution in [1.29, 1.82) is 0 Å². The van der Waals surface area contributed by atoms with Crippen LogP contribution in [-0.4, -0.2) is 0 Å². The normalized spacial score (nSPS) is 10.7. The molecule has 0 unspecified atom stereocenters. The molecule has 1 nitrogen and oxygen atoms in total. The lowest BCUT2D eigenvalue weighted by atomic mass is 9.95. The maximum absolute atomic E-state index is 6.26. The summed E-state index contributed by atoms with van der Waals surface area (Å²) in [7, 11) is 0. The molecule has 0 aromatic heterocycles. The van der Waals surface area contributed by atoms with Gasteiger partial charge in [0.25, 0.3) is 0 Å². The molecule has 0 spiro atoms. The zero-order chi connectivity index (χ0) is 12.5. The summed E-state index contributed by atoms with van der Waals surface area (Å²) >= 11 is 0. The van der Waals surface area contributed by atoms with Crippen molar-refractivity contribution in [2.45, 2.75) is 6.92 Å². The van der Waals surface area contributed by atoms with Gasteiger partial charge in [-0.3, -0.25) is 0 Å². The van der Waals surface area contributed by atoms with Gasteiger partial charge in [0.1, 0.15) is 0 Å². The van der Waals surface area contributed by atoms with Gasteiger partial charge >= 0.3 is 0 Å². The van der Waals surface area contributed by atoms with Crippen molar-refractivity contribution < 1.29 is 0 Å². The molecule has 1 heteroatoms. The first-order valence-corrected chi connectivity index (χ1v) is 6.10. The first kappa shape index (κ1) is 10.8. The molecular formula is C17H15N. The maximum atomic E-state index is 6.26. The molecule has 3 rings (SSSR count). The van der Waals surface area contributed by atoms with E-state index in [1.807, 2.05) is 18.2 Å². The number of nitrogen functional groups attached to an aromatic ring is 1. The van der Waals surface area contributed by atoms with Crippen molar-refractivity contribution in [1.82, 2.24) is 0 Å². The summed E-state index contributed by atoms with van der Waals surface area (Å²) in [5.74, 6) is 0. The summed E-state index contributed by atoms with van der Waals surface area (Å²) in [4.78, 5) is 0. The Labute approximate surface area is 107 Å². The van der Waals surface area contributed by atoms with Crippen LogP contribution in [0.25, 0.3) is 21.9 Å². The van der Waals surface area contributed by atoms with Crippen LogP contribution in [0.2, 0.25) is 0 Å². The molecule has 3 aromatic rings. The predicted molar refractivity (Wildman–Crippen MR) is 78.5 cm³/mol. The fraction of sp³-hybridized carbons (Fsp3) is 0.0588. The van der Waals surface area contributed by atoms with Gasteiger partial charge in [-0.1, -0.05) is 54.6 Å². The van der Waals surface area contributed by atoms with E-state index in [2.05, 4.69) is 49.4 Å². The number of rotatable bonds is 1. The second-order valence-corrected chi connectivity index (χ2v) is 4.55. The van der Waals surface area contributed by atoms with Crippen LogP contribution in [-0.2, 0) is 0 Å². The van der Waals surface area contributed by atoms with Crippen LogP contribution < -0.4 is 5.73 Å². The van der Waals surface area contributed by atoms with Gasteiger partial charge in [0.15, 0.2) is 0 Å². The Morgan fingerprint density at radius 2 is 1.50 bits per heavy atom. The third kappa shape index (κ3) is 1.65. The quantitative estimate of drug-likeness (QED) is 0.619. The van der Waals surface area contributed by atoms with E-state index in [1.54, 1.807) is 0 Å². The molecule has 0 bridgehead atoms. The number of benzene rings is 3. The second-order valence-electron chi connectivity index (χ2n) is 4.55. The fourth-order valence-electron chi connectivity index (χ4n) is 2.40. The average Bonchev–Trinajstić information content (AvgIpc) is 2.44. The summed E-state index contributed by atoms with van der Waals surface area (Å²) in [6, 6.07) is 20.9. The molecule has 0 aliphatic carbocycles. The van der Waals surface area contributed by atoms with E-state index in [-0.39, 0.29) is 0 Å². The number of anilines is 1. The molecule has 0 saturated carbocycles. The molecule has 0 saturated heterocycles. The van der Waals surface area contributed by atoms with Gasteiger partial charge in [0.05, 0.1) is 0 Å². The van der Waals surface area contributed by atoms with Crippen molar-refractivity contribution in [3.63, 3.8) is 0 Å². The Hall–Kier alpha value is -2.28. The van der Waals surface area contributed by atoms with Gasteiger partial charge in [-0.2, -0.15) is 0 Å². The molecule has 2 N–H and O–H groups in total. The number of hydrogen-bond donors (Lipinski definition) is 1. The van der Waals surface area contributed by atoms with Gasteiger partial charge in [-0.15, -0.1) is 0 Å². The van der Waals surface area contributed by atoms with E-state index in [4.69, 9.17) is 5.73 Å². The zero-order valence-electron chi connectivity index (χ0n) is 10.4. The van der Waals surface area contributed by atoms with E-state index in [1.165, 1.54) is 16.5 Å². The lowest BCUT2D eigenvalue weighted by Crippen LogP contribution is -1.94. The highest BCUT2D eigenvalue weighted by Gasteiger charge is 2.08. The Bertz CT molecular complexity index is 699. The maximum Gasteiger partial charge on any atom is 0.0429 e. The lowest BCUT2D eigenvalue weighted by Gasteiger charge is -2.12. The smallest absolute Gasteiger partial charge is 0.0429 e. The van der Waals surface area contributed by atoms with Crippen molar-refractivity contribution in [3.8, 4) is 11.1 Å². The van der Waals surface area contributed by atoms with E-state index in [0.29, 0.717) is 0 Å². The SMILES string of the molecule is Cc1c(-c2ccccc2)cc2ccccc2c1N. The van der Waals surface area contributed by atoms with Crippen LogP contribution in [0.1, 0.15) is 5.56 Å². The van der Waals surface area contributed by atoms with Gasteiger partial charge in [0, 0.05) is 11.1 Å². The van der Waals surface area contributed by atoms with Crippen LogP contribution >= 0.6 is 0 Å². The monoisotopic (exact) mass is 233 g/mol. The third-order valence-corrected chi connectivity index (χ3v) is 3.44. The first-order chi connectivity index (χ1) is 8.77. The average molecular weight is 233 g/mol. The van der Waals surface area contributed by atoms with E-state index < -0.39 is 0 Å². The molecule has 0 fully saturated rings. The molecular weight excluding hydrogens is 218 g/mol. The molecule has 0 radical (unpaired) electrons. The molecule has 0 amide bonds. The van der Waals surface area contributed by atoms with E-state index in [9.17, 15) is 0 Å². The number of hydrogen-bond acceptors (Lipinski definition) is 1. The van der Waals surface area contributed by atoms with Gasteiger partial charge in [-0.25, -0.2) is 0 Å². The third-order valence-electron chi connectivity index (χ3n) is 3.44. The Morgan fingerprint density at radius 1 is 0.833 bits per heavy atom. The minimum Gasteiger partial charge on any atom is -0.398 e. The minimum atomic E-state index is 0.881. The lowest BCUT2D eigenvalue weighted by molar-refractivity contribution is 1.48. The van der Waals surface area contributed by atoms with Crippen molar-refractivity contribution in [2.75, 3.05) is 5.73 Å². The van der Waals surface area contributed by atoms with Crippen LogP contribution in [0.5, 0.6) is 0 Å². The molecule has 0 heterocycles. The fourth-order valence-corrected chi connectivity index (χ4v) is 2.40. The Morgan fingerprint density at radius 3 is 2.28 bits per heavy atom. The Kier molecular flexibility index (Phi) is 2.52. The molecule has 0 atom stereocenters. The van der Waals surface area contributed by atoms with Crippen LogP contribution in [0.4, 0.5) is 5.69 Å². The molecule has 18 heavy (non-hydrogen) atoms. The van der Waals surface area contributed by atoms with Crippen molar-refractivity contribution in [3.05, 3.63) is 66.2 Å². The largest absolute Gasteiger partial charge is 0.398 e. The number of nitrogens with two attached hydrogens (primary N) is 1. The van der Waals surface area contributed by atoms with Gasteiger partial charge in [-0.05, 0) is 35.1 Å². The Balaban J connectivity index is 2.34. The van der Waals surface area contributed by atoms with E-state index in [0.717, 1.165) is 16.6 Å². The van der Waals surface area contributed by atoms with Gasteiger partial charge in [0.2, 0.25) is 0 Å². The summed E-state index contributed by atoms with van der Waals surface area (Å²) in [6.07, 6.45) is 0. The molecule has 88 valence electrons. The van der Waals surface area contributed by atoms with Gasteiger partial charge < -0.3 is 5.73 Å². The highest BCUT2D eigenvalue weighted by molar-refractivity contribution is 5.99. The van der Waals surface area contributed by atoms with E-state index >= 15 is 0 Å². The topological polar surface area (TPSA) is 26.0 Å². The summed E-state index contributed by atoms with van der Waals surface area (Å²) in [5.41, 5.74) is 10.7. The minimum absolute atomic E-state index is 0.881. The first-order valence-electron chi connectivity index (χ1n) is 6.10. The highest BCUT2D eigenvalue weighted by Crippen LogP contribution is 2.33. The van der Waals surface area contributed by atoms with Crippen LogP contribution in [0.15, 0.2) is 60.7 Å². The predicted octanol–water partition coefficient (Wildman–Crippen LogP) is 4.40.